The highest BCUT2D eigenvalue weighted by Gasteiger charge is 2.38. The topological polar surface area (TPSA) is 62.6 Å². The highest BCUT2D eigenvalue weighted by Crippen LogP contribution is 2.41. The maximum absolute atomic E-state index is 6.19. The molecule has 0 radical (unpaired) electrons. The maximum Gasteiger partial charge on any atom is 0.157 e. The molecule has 26 heavy (non-hydrogen) atoms. The molecule has 2 aromatic heterocycles. The van der Waals surface area contributed by atoms with E-state index in [1.165, 1.54) is 5.56 Å². The van der Waals surface area contributed by atoms with Crippen molar-refractivity contribution in [2.75, 3.05) is 0 Å². The number of nitrogens with zero attached hydrogens (tertiary/aromatic N) is 5. The monoisotopic (exact) mass is 364 g/mol. The van der Waals surface area contributed by atoms with E-state index < -0.39 is 0 Å². The van der Waals surface area contributed by atoms with E-state index >= 15 is 0 Å². The number of rotatable bonds is 3. The SMILES string of the molecule is Cc1nnc2n1C1C=C(c3ccn[nH]3)N(Cc3cccc(Cl)c3)C1C=C2. The van der Waals surface area contributed by atoms with Crippen molar-refractivity contribution in [3.63, 3.8) is 0 Å². The highest BCUT2D eigenvalue weighted by molar-refractivity contribution is 6.30. The zero-order valence-corrected chi connectivity index (χ0v) is 14.9. The molecule has 7 heteroatoms. The Morgan fingerprint density at radius 2 is 2.12 bits per heavy atom. The van der Waals surface area contributed by atoms with Crippen LogP contribution in [0.25, 0.3) is 11.8 Å². The van der Waals surface area contributed by atoms with Gasteiger partial charge >= 0.3 is 0 Å². The van der Waals surface area contributed by atoms with E-state index in [9.17, 15) is 0 Å². The van der Waals surface area contributed by atoms with Gasteiger partial charge in [0.2, 0.25) is 0 Å². The smallest absolute Gasteiger partial charge is 0.157 e. The van der Waals surface area contributed by atoms with Gasteiger partial charge in [-0.15, -0.1) is 10.2 Å². The lowest BCUT2D eigenvalue weighted by molar-refractivity contribution is 0.299. The van der Waals surface area contributed by atoms with Gasteiger partial charge in [0.15, 0.2) is 5.82 Å². The predicted molar refractivity (Wildman–Crippen MR) is 100 cm³/mol. The van der Waals surface area contributed by atoms with Crippen LogP contribution in [-0.4, -0.2) is 35.9 Å². The van der Waals surface area contributed by atoms with Crippen molar-refractivity contribution in [3.05, 3.63) is 76.6 Å². The lowest BCUT2D eigenvalue weighted by atomic mass is 10.1. The van der Waals surface area contributed by atoms with Gasteiger partial charge in [0, 0.05) is 17.8 Å². The van der Waals surface area contributed by atoms with Crippen molar-refractivity contribution >= 4 is 23.4 Å². The Bertz CT molecular complexity index is 1020. The van der Waals surface area contributed by atoms with E-state index in [2.05, 4.69) is 54.2 Å². The zero-order valence-electron chi connectivity index (χ0n) is 14.2. The molecule has 0 amide bonds. The number of fused-ring (bicyclic) bond motifs is 3. The predicted octanol–water partition coefficient (Wildman–Crippen LogP) is 3.46. The van der Waals surface area contributed by atoms with Crippen molar-refractivity contribution < 1.29 is 0 Å². The summed E-state index contributed by atoms with van der Waals surface area (Å²) in [6.45, 7) is 2.75. The quantitative estimate of drug-likeness (QED) is 0.773. The van der Waals surface area contributed by atoms with Crippen LogP contribution >= 0.6 is 11.6 Å². The summed E-state index contributed by atoms with van der Waals surface area (Å²) in [7, 11) is 0. The summed E-state index contributed by atoms with van der Waals surface area (Å²) in [6.07, 6.45) is 8.31. The summed E-state index contributed by atoms with van der Waals surface area (Å²) < 4.78 is 2.19. The Labute approximate surface area is 155 Å². The highest BCUT2D eigenvalue weighted by atomic mass is 35.5. The number of hydrogen-bond acceptors (Lipinski definition) is 4. The van der Waals surface area contributed by atoms with Crippen molar-refractivity contribution in [1.82, 2.24) is 29.9 Å². The van der Waals surface area contributed by atoms with E-state index in [0.717, 1.165) is 34.6 Å². The second-order valence-corrected chi connectivity index (χ2v) is 7.03. The number of benzene rings is 1. The summed E-state index contributed by atoms with van der Waals surface area (Å²) in [5.74, 6) is 1.82. The lowest BCUT2D eigenvalue weighted by Crippen LogP contribution is -2.35. The number of aromatic nitrogens is 5. The molecule has 0 spiro atoms. The van der Waals surface area contributed by atoms with E-state index in [1.54, 1.807) is 6.20 Å². The number of aromatic amines is 1. The molecule has 5 rings (SSSR count). The number of aryl methyl sites for hydroxylation is 1. The summed E-state index contributed by atoms with van der Waals surface area (Å²) in [5.41, 5.74) is 3.30. The van der Waals surface area contributed by atoms with Gasteiger partial charge in [-0.3, -0.25) is 5.10 Å². The Balaban J connectivity index is 1.59. The van der Waals surface area contributed by atoms with E-state index in [-0.39, 0.29) is 12.1 Å². The maximum atomic E-state index is 6.19. The Kier molecular flexibility index (Phi) is 3.46. The second-order valence-electron chi connectivity index (χ2n) is 6.60. The summed E-state index contributed by atoms with van der Waals surface area (Å²) >= 11 is 6.19. The first kappa shape index (κ1) is 15.4. The normalized spacial score (nSPS) is 20.8. The third-order valence-electron chi connectivity index (χ3n) is 5.00. The minimum atomic E-state index is 0.155. The van der Waals surface area contributed by atoms with Crippen molar-refractivity contribution in [1.29, 1.82) is 0 Å². The zero-order chi connectivity index (χ0) is 17.7. The van der Waals surface area contributed by atoms with E-state index in [4.69, 9.17) is 11.6 Å². The van der Waals surface area contributed by atoms with Gasteiger partial charge in [-0.25, -0.2) is 0 Å². The Morgan fingerprint density at radius 3 is 2.92 bits per heavy atom. The molecule has 130 valence electrons. The fraction of sp³-hybridized carbons (Fsp3) is 0.211. The first-order chi connectivity index (χ1) is 12.7. The molecule has 6 nitrogen and oxygen atoms in total. The van der Waals surface area contributed by atoms with Crippen LogP contribution in [0.1, 0.15) is 28.9 Å². The molecule has 2 atom stereocenters. The summed E-state index contributed by atoms with van der Waals surface area (Å²) in [4.78, 5) is 2.38. The number of hydrogen-bond donors (Lipinski definition) is 1. The molecular weight excluding hydrogens is 348 g/mol. The van der Waals surface area contributed by atoms with Crippen LogP contribution in [0.4, 0.5) is 0 Å². The van der Waals surface area contributed by atoms with Crippen molar-refractivity contribution in [2.24, 2.45) is 0 Å². The van der Waals surface area contributed by atoms with Crippen LogP contribution in [-0.2, 0) is 6.54 Å². The third kappa shape index (κ3) is 2.37. The Hall–Kier alpha value is -2.86. The summed E-state index contributed by atoms with van der Waals surface area (Å²) in [6, 6.07) is 10.3. The largest absolute Gasteiger partial charge is 0.357 e. The van der Waals surface area contributed by atoms with Gasteiger partial charge in [0.25, 0.3) is 0 Å². The third-order valence-corrected chi connectivity index (χ3v) is 5.23. The number of nitrogens with one attached hydrogen (secondary N) is 1. The van der Waals surface area contributed by atoms with Crippen LogP contribution in [0.3, 0.4) is 0 Å². The van der Waals surface area contributed by atoms with Gasteiger partial charge in [0.1, 0.15) is 5.82 Å². The molecule has 3 aromatic rings. The molecule has 2 aliphatic heterocycles. The molecule has 2 unspecified atom stereocenters. The molecule has 0 bridgehead atoms. The van der Waals surface area contributed by atoms with Crippen LogP contribution < -0.4 is 0 Å². The molecule has 0 fully saturated rings. The van der Waals surface area contributed by atoms with Gasteiger partial charge in [0.05, 0.1) is 23.5 Å². The molecule has 1 aromatic carbocycles. The fourth-order valence-electron chi connectivity index (χ4n) is 3.86. The van der Waals surface area contributed by atoms with Crippen molar-refractivity contribution in [2.45, 2.75) is 25.6 Å². The van der Waals surface area contributed by atoms with Crippen molar-refractivity contribution in [3.8, 4) is 0 Å². The molecule has 1 N–H and O–H groups in total. The molecule has 0 aliphatic carbocycles. The van der Waals surface area contributed by atoms with Crippen LogP contribution in [0, 0.1) is 6.92 Å². The van der Waals surface area contributed by atoms with Gasteiger partial charge in [-0.2, -0.15) is 5.10 Å². The summed E-state index contributed by atoms with van der Waals surface area (Å²) in [5, 5.41) is 16.5. The standard InChI is InChI=1S/C19H17ClN6/c1-12-22-24-19-6-5-16-18(26(12)19)10-17(15-7-8-21-23-15)25(16)11-13-3-2-4-14(20)9-13/h2-10,16,18H,11H2,1H3,(H,21,23). The van der Waals surface area contributed by atoms with Crippen LogP contribution in [0.5, 0.6) is 0 Å². The van der Waals surface area contributed by atoms with Gasteiger partial charge in [-0.1, -0.05) is 29.8 Å². The first-order valence-electron chi connectivity index (χ1n) is 8.53. The van der Waals surface area contributed by atoms with Gasteiger partial charge in [-0.05, 0) is 42.8 Å². The Morgan fingerprint density at radius 1 is 1.19 bits per heavy atom. The average Bonchev–Trinajstić information content (AvgIpc) is 3.34. The molecular formula is C19H17ClN6. The second kappa shape index (κ2) is 5.85. The van der Waals surface area contributed by atoms with E-state index in [1.807, 2.05) is 31.2 Å². The van der Waals surface area contributed by atoms with Crippen LogP contribution in [0.2, 0.25) is 5.02 Å². The number of H-pyrrole nitrogens is 1. The number of halogens is 1. The minimum Gasteiger partial charge on any atom is -0.357 e. The molecule has 0 saturated carbocycles. The molecule has 4 heterocycles. The van der Waals surface area contributed by atoms with E-state index in [0.29, 0.717) is 0 Å². The first-order valence-corrected chi connectivity index (χ1v) is 8.91. The van der Waals surface area contributed by atoms with Crippen LogP contribution in [0.15, 0.2) is 48.7 Å². The lowest BCUT2D eigenvalue weighted by Gasteiger charge is -2.33. The van der Waals surface area contributed by atoms with Gasteiger partial charge < -0.3 is 9.47 Å². The molecule has 0 saturated heterocycles. The average molecular weight is 365 g/mol. The molecule has 2 aliphatic rings. The minimum absolute atomic E-state index is 0.155. The fourth-order valence-corrected chi connectivity index (χ4v) is 4.08.